The molecule has 2 heterocycles. The molecule has 2 aromatic heterocycles. The number of fused-ring (bicyclic) bond motifs is 1. The van der Waals surface area contributed by atoms with Gasteiger partial charge in [0, 0.05) is 0 Å². The van der Waals surface area contributed by atoms with E-state index in [1.807, 2.05) is 66.7 Å². The molecule has 0 aliphatic rings. The quantitative estimate of drug-likeness (QED) is 0.339. The number of nitrogens with zero attached hydrogens (tertiary/aromatic N) is 2. The van der Waals surface area contributed by atoms with Crippen LogP contribution in [0.25, 0.3) is 10.8 Å². The number of furan rings is 1. The third kappa shape index (κ3) is 5.15. The molecule has 0 saturated carbocycles. The van der Waals surface area contributed by atoms with E-state index in [4.69, 9.17) is 14.9 Å². The number of aromatic nitrogens is 2. The topological polar surface area (TPSA) is 124 Å². The van der Waals surface area contributed by atoms with Gasteiger partial charge in [-0.15, -0.1) is 0 Å². The highest BCUT2D eigenvalue weighted by Gasteiger charge is 2.26. The second-order valence-electron chi connectivity index (χ2n) is 8.42. The number of hydrogen-bond acceptors (Lipinski definition) is 6. The normalized spacial score (nSPS) is 10.9. The minimum atomic E-state index is -0.780. The zero-order valence-corrected chi connectivity index (χ0v) is 19.8. The minimum absolute atomic E-state index is 0.0796. The van der Waals surface area contributed by atoms with E-state index in [0.29, 0.717) is 11.5 Å². The molecule has 0 aliphatic heterocycles. The number of amides is 1. The van der Waals surface area contributed by atoms with Crippen LogP contribution in [-0.2, 0) is 17.9 Å². The number of nitrogens with two attached hydrogens (primary N) is 1. The van der Waals surface area contributed by atoms with Crippen molar-refractivity contribution in [2.24, 2.45) is 0 Å². The predicted octanol–water partition coefficient (Wildman–Crippen LogP) is 3.53. The first kappa shape index (κ1) is 23.7. The molecule has 3 N–H and O–H groups in total. The van der Waals surface area contributed by atoms with Crippen molar-refractivity contribution in [3.8, 4) is 5.75 Å². The van der Waals surface area contributed by atoms with Crippen molar-refractivity contribution in [3.63, 3.8) is 0 Å². The van der Waals surface area contributed by atoms with E-state index >= 15 is 0 Å². The number of H-pyrrole nitrogens is 1. The van der Waals surface area contributed by atoms with Gasteiger partial charge in [-0.05, 0) is 40.6 Å². The first-order valence-corrected chi connectivity index (χ1v) is 11.6. The molecule has 3 aromatic carbocycles. The second-order valence-corrected chi connectivity index (χ2v) is 8.42. The molecule has 0 fully saturated rings. The molecular weight excluding hydrogens is 472 g/mol. The van der Waals surface area contributed by atoms with Crippen molar-refractivity contribution >= 4 is 28.2 Å². The molecular formula is C28H24N4O5. The van der Waals surface area contributed by atoms with E-state index in [9.17, 15) is 14.4 Å². The summed E-state index contributed by atoms with van der Waals surface area (Å²) in [5.41, 5.74) is 5.54. The van der Waals surface area contributed by atoms with Crippen LogP contribution in [0.3, 0.4) is 0 Å². The number of rotatable bonds is 8. The van der Waals surface area contributed by atoms with Crippen molar-refractivity contribution in [1.29, 1.82) is 0 Å². The minimum Gasteiger partial charge on any atom is -0.484 e. The lowest BCUT2D eigenvalue weighted by molar-refractivity contribution is -0.120. The lowest BCUT2D eigenvalue weighted by Gasteiger charge is -2.24. The SMILES string of the molecule is Nc1c(N(Cc2ccco2)C(=O)COc2ccc3ccccc3c2)c(=O)[nH]c(=O)n1Cc1ccccc1. The number of nitrogen functional groups attached to an aromatic ring is 1. The first-order valence-electron chi connectivity index (χ1n) is 11.6. The number of carbonyl (C=O) groups is 1. The molecule has 0 atom stereocenters. The predicted molar refractivity (Wildman–Crippen MR) is 141 cm³/mol. The lowest BCUT2D eigenvalue weighted by atomic mass is 10.1. The van der Waals surface area contributed by atoms with E-state index in [0.717, 1.165) is 16.3 Å². The number of aromatic amines is 1. The zero-order valence-electron chi connectivity index (χ0n) is 19.8. The smallest absolute Gasteiger partial charge is 0.330 e. The van der Waals surface area contributed by atoms with Gasteiger partial charge in [0.15, 0.2) is 12.3 Å². The number of hydrogen-bond donors (Lipinski definition) is 2. The summed E-state index contributed by atoms with van der Waals surface area (Å²) in [6, 6.07) is 25.8. The van der Waals surface area contributed by atoms with Gasteiger partial charge in [-0.2, -0.15) is 0 Å². The van der Waals surface area contributed by atoms with Gasteiger partial charge in [0.2, 0.25) is 0 Å². The highest BCUT2D eigenvalue weighted by Crippen LogP contribution is 2.23. The third-order valence-electron chi connectivity index (χ3n) is 5.95. The van der Waals surface area contributed by atoms with Gasteiger partial charge in [-0.1, -0.05) is 60.7 Å². The molecule has 5 aromatic rings. The van der Waals surface area contributed by atoms with E-state index in [1.165, 1.54) is 15.7 Å². The molecule has 0 spiro atoms. The molecule has 0 aliphatic carbocycles. The van der Waals surface area contributed by atoms with Gasteiger partial charge >= 0.3 is 5.69 Å². The van der Waals surface area contributed by atoms with Crippen LogP contribution < -0.4 is 26.6 Å². The van der Waals surface area contributed by atoms with E-state index in [-0.39, 0.29) is 31.2 Å². The Morgan fingerprint density at radius 2 is 1.70 bits per heavy atom. The number of benzene rings is 3. The zero-order chi connectivity index (χ0) is 25.8. The van der Waals surface area contributed by atoms with Crippen molar-refractivity contribution in [2.75, 3.05) is 17.2 Å². The molecule has 9 nitrogen and oxygen atoms in total. The van der Waals surface area contributed by atoms with Crippen LogP contribution >= 0.6 is 0 Å². The fourth-order valence-electron chi connectivity index (χ4n) is 4.09. The van der Waals surface area contributed by atoms with Crippen LogP contribution in [0.2, 0.25) is 0 Å². The lowest BCUT2D eigenvalue weighted by Crippen LogP contribution is -2.42. The summed E-state index contributed by atoms with van der Waals surface area (Å²) in [6.45, 7) is -0.328. The van der Waals surface area contributed by atoms with Crippen molar-refractivity contribution < 1.29 is 13.9 Å². The maximum absolute atomic E-state index is 13.4. The largest absolute Gasteiger partial charge is 0.484 e. The Kier molecular flexibility index (Phi) is 6.58. The summed E-state index contributed by atoms with van der Waals surface area (Å²) in [4.78, 5) is 42.5. The standard InChI is InChI=1S/C28H24N4O5/c29-26-25(27(34)30-28(35)32(26)16-19-7-2-1-3-8-19)31(17-23-11-6-14-36-23)24(33)18-37-22-13-12-20-9-4-5-10-21(20)15-22/h1-15H,16-18,29H2,(H,30,34,35). The van der Waals surface area contributed by atoms with E-state index < -0.39 is 17.2 Å². The molecule has 186 valence electrons. The van der Waals surface area contributed by atoms with Crippen LogP contribution in [0.15, 0.2) is 105 Å². The van der Waals surface area contributed by atoms with Gasteiger partial charge in [-0.3, -0.25) is 24.0 Å². The number of ether oxygens (including phenoxy) is 1. The summed E-state index contributed by atoms with van der Waals surface area (Å²) < 4.78 is 12.4. The molecule has 0 saturated heterocycles. The van der Waals surface area contributed by atoms with E-state index in [2.05, 4.69) is 4.98 Å². The van der Waals surface area contributed by atoms with Crippen molar-refractivity contribution in [3.05, 3.63) is 123 Å². The van der Waals surface area contributed by atoms with Gasteiger partial charge in [0.05, 0.1) is 19.4 Å². The maximum atomic E-state index is 13.4. The first-order chi connectivity index (χ1) is 18.0. The third-order valence-corrected chi connectivity index (χ3v) is 5.95. The molecule has 37 heavy (non-hydrogen) atoms. The Balaban J connectivity index is 1.47. The number of anilines is 2. The fourth-order valence-corrected chi connectivity index (χ4v) is 4.09. The Labute approximate surface area is 211 Å². The summed E-state index contributed by atoms with van der Waals surface area (Å²) in [7, 11) is 0. The summed E-state index contributed by atoms with van der Waals surface area (Å²) in [5.74, 6) is 0.259. The monoisotopic (exact) mass is 496 g/mol. The highest BCUT2D eigenvalue weighted by atomic mass is 16.5. The van der Waals surface area contributed by atoms with Gasteiger partial charge in [0.25, 0.3) is 11.5 Å². The maximum Gasteiger partial charge on any atom is 0.330 e. The average molecular weight is 497 g/mol. The summed E-state index contributed by atoms with van der Waals surface area (Å²) in [6.07, 6.45) is 1.47. The Morgan fingerprint density at radius 3 is 2.46 bits per heavy atom. The molecule has 0 bridgehead atoms. The van der Waals surface area contributed by atoms with E-state index in [1.54, 1.807) is 18.2 Å². The van der Waals surface area contributed by atoms with Crippen LogP contribution in [0.4, 0.5) is 11.5 Å². The molecule has 9 heteroatoms. The Hall–Kier alpha value is -5.05. The summed E-state index contributed by atoms with van der Waals surface area (Å²) >= 11 is 0. The fraction of sp³-hybridized carbons (Fsp3) is 0.107. The Bertz CT molecular complexity index is 1660. The Morgan fingerprint density at radius 1 is 0.946 bits per heavy atom. The highest BCUT2D eigenvalue weighted by molar-refractivity contribution is 5.96. The number of nitrogens with one attached hydrogen (secondary N) is 1. The van der Waals surface area contributed by atoms with Crippen LogP contribution in [0.5, 0.6) is 5.75 Å². The van der Waals surface area contributed by atoms with Gasteiger partial charge in [-0.25, -0.2) is 4.79 Å². The molecule has 5 rings (SSSR count). The molecule has 0 unspecified atom stereocenters. The average Bonchev–Trinajstić information content (AvgIpc) is 3.43. The molecule has 0 radical (unpaired) electrons. The van der Waals surface area contributed by atoms with Crippen molar-refractivity contribution in [2.45, 2.75) is 13.1 Å². The van der Waals surface area contributed by atoms with Crippen LogP contribution in [-0.4, -0.2) is 22.1 Å². The molecule has 1 amide bonds. The van der Waals surface area contributed by atoms with Crippen LogP contribution in [0, 0.1) is 0 Å². The van der Waals surface area contributed by atoms with Crippen LogP contribution in [0.1, 0.15) is 11.3 Å². The number of carbonyl (C=O) groups excluding carboxylic acids is 1. The van der Waals surface area contributed by atoms with Gasteiger partial charge < -0.3 is 14.9 Å². The van der Waals surface area contributed by atoms with Gasteiger partial charge in [0.1, 0.15) is 17.3 Å². The second kappa shape index (κ2) is 10.3. The van der Waals surface area contributed by atoms with Crippen molar-refractivity contribution in [1.82, 2.24) is 9.55 Å². The summed E-state index contributed by atoms with van der Waals surface area (Å²) in [5, 5.41) is 2.01.